The van der Waals surface area contributed by atoms with Crippen molar-refractivity contribution in [3.05, 3.63) is 18.2 Å². The SMILES string of the molecule is CC1CCC(n2c(N)nc3c(S(C)(=O)=O)cccc32)C1C. The van der Waals surface area contributed by atoms with E-state index in [0.717, 1.165) is 18.4 Å². The van der Waals surface area contributed by atoms with Crippen molar-refractivity contribution >= 4 is 26.8 Å². The highest BCUT2D eigenvalue weighted by Crippen LogP contribution is 2.42. The molecule has 1 aromatic carbocycles. The number of imidazole rings is 1. The van der Waals surface area contributed by atoms with Crippen molar-refractivity contribution in [1.29, 1.82) is 0 Å². The predicted molar refractivity (Wildman–Crippen MR) is 83.9 cm³/mol. The van der Waals surface area contributed by atoms with Crippen LogP contribution in [0.5, 0.6) is 0 Å². The van der Waals surface area contributed by atoms with E-state index >= 15 is 0 Å². The predicted octanol–water partition coefficient (Wildman–Crippen LogP) is 2.63. The number of nitrogen functional groups attached to an aromatic ring is 1. The number of para-hydroxylation sites is 1. The summed E-state index contributed by atoms with van der Waals surface area (Å²) in [7, 11) is -3.31. The molecule has 1 aliphatic carbocycles. The molecule has 6 heteroatoms. The molecular weight excluding hydrogens is 286 g/mol. The quantitative estimate of drug-likeness (QED) is 0.925. The van der Waals surface area contributed by atoms with Gasteiger partial charge in [-0.05, 0) is 36.8 Å². The number of hydrogen-bond acceptors (Lipinski definition) is 4. The van der Waals surface area contributed by atoms with Crippen LogP contribution in [-0.2, 0) is 9.84 Å². The summed E-state index contributed by atoms with van der Waals surface area (Å²) in [5, 5.41) is 0. The van der Waals surface area contributed by atoms with E-state index in [0.29, 0.717) is 29.3 Å². The second-order valence-corrected chi connectivity index (χ2v) is 8.20. The second-order valence-electron chi connectivity index (χ2n) is 6.22. The lowest BCUT2D eigenvalue weighted by molar-refractivity contribution is 0.361. The number of nitrogens with two attached hydrogens (primary N) is 1. The van der Waals surface area contributed by atoms with Crippen molar-refractivity contribution in [2.24, 2.45) is 11.8 Å². The van der Waals surface area contributed by atoms with Crippen LogP contribution in [0.3, 0.4) is 0 Å². The standard InChI is InChI=1S/C15H21N3O2S/c1-9-7-8-11(10(9)2)18-12-5-4-6-13(21(3,19)20)14(12)17-15(18)16/h4-6,9-11H,7-8H2,1-3H3,(H2,16,17). The highest BCUT2D eigenvalue weighted by atomic mass is 32.2. The zero-order valence-corrected chi connectivity index (χ0v) is 13.4. The molecule has 114 valence electrons. The third-order valence-electron chi connectivity index (χ3n) is 4.86. The molecule has 1 fully saturated rings. The van der Waals surface area contributed by atoms with Gasteiger partial charge in [-0.3, -0.25) is 0 Å². The largest absolute Gasteiger partial charge is 0.369 e. The molecule has 0 amide bonds. The Kier molecular flexibility index (Phi) is 3.24. The summed E-state index contributed by atoms with van der Waals surface area (Å²) >= 11 is 0. The van der Waals surface area contributed by atoms with Gasteiger partial charge in [0, 0.05) is 12.3 Å². The zero-order valence-electron chi connectivity index (χ0n) is 12.6. The van der Waals surface area contributed by atoms with E-state index in [9.17, 15) is 8.42 Å². The molecule has 1 aromatic heterocycles. The van der Waals surface area contributed by atoms with Crippen LogP contribution >= 0.6 is 0 Å². The number of benzene rings is 1. The molecule has 0 saturated heterocycles. The van der Waals surface area contributed by atoms with Crippen molar-refractivity contribution < 1.29 is 8.42 Å². The highest BCUT2D eigenvalue weighted by Gasteiger charge is 2.33. The van der Waals surface area contributed by atoms with Crippen molar-refractivity contribution in [3.63, 3.8) is 0 Å². The molecule has 1 heterocycles. The molecule has 3 rings (SSSR count). The van der Waals surface area contributed by atoms with Crippen LogP contribution in [0.15, 0.2) is 23.1 Å². The highest BCUT2D eigenvalue weighted by molar-refractivity contribution is 7.91. The Hall–Kier alpha value is -1.56. The lowest BCUT2D eigenvalue weighted by Crippen LogP contribution is -2.16. The minimum atomic E-state index is -3.31. The average molecular weight is 307 g/mol. The van der Waals surface area contributed by atoms with Gasteiger partial charge in [0.15, 0.2) is 9.84 Å². The van der Waals surface area contributed by atoms with Gasteiger partial charge in [0.2, 0.25) is 5.95 Å². The van der Waals surface area contributed by atoms with Gasteiger partial charge in [0.05, 0.1) is 10.4 Å². The number of anilines is 1. The number of nitrogens with zero attached hydrogens (tertiary/aromatic N) is 2. The first-order valence-corrected chi connectivity index (χ1v) is 9.16. The van der Waals surface area contributed by atoms with Crippen LogP contribution in [0.2, 0.25) is 0 Å². The third-order valence-corrected chi connectivity index (χ3v) is 5.99. The van der Waals surface area contributed by atoms with E-state index in [1.54, 1.807) is 12.1 Å². The second kappa shape index (κ2) is 4.73. The minimum absolute atomic E-state index is 0.254. The van der Waals surface area contributed by atoms with E-state index in [4.69, 9.17) is 5.73 Å². The summed E-state index contributed by atoms with van der Waals surface area (Å²) in [6.07, 6.45) is 3.43. The van der Waals surface area contributed by atoms with Gasteiger partial charge in [-0.15, -0.1) is 0 Å². The third kappa shape index (κ3) is 2.21. The molecule has 21 heavy (non-hydrogen) atoms. The fraction of sp³-hybridized carbons (Fsp3) is 0.533. The smallest absolute Gasteiger partial charge is 0.201 e. The number of sulfone groups is 1. The van der Waals surface area contributed by atoms with E-state index in [1.807, 2.05) is 10.6 Å². The maximum Gasteiger partial charge on any atom is 0.201 e. The molecule has 1 saturated carbocycles. The molecule has 0 spiro atoms. The number of fused-ring (bicyclic) bond motifs is 1. The normalized spacial score (nSPS) is 26.5. The number of rotatable bonds is 2. The first-order valence-electron chi connectivity index (χ1n) is 7.27. The number of hydrogen-bond donors (Lipinski definition) is 1. The van der Waals surface area contributed by atoms with Crippen LogP contribution < -0.4 is 5.73 Å². The van der Waals surface area contributed by atoms with E-state index in [-0.39, 0.29) is 4.90 Å². The van der Waals surface area contributed by atoms with Gasteiger partial charge >= 0.3 is 0 Å². The van der Waals surface area contributed by atoms with Gasteiger partial charge < -0.3 is 10.3 Å². The summed E-state index contributed by atoms with van der Waals surface area (Å²) < 4.78 is 25.9. The molecule has 0 bridgehead atoms. The van der Waals surface area contributed by atoms with Crippen LogP contribution in [0.4, 0.5) is 5.95 Å². The monoisotopic (exact) mass is 307 g/mol. The topological polar surface area (TPSA) is 78.0 Å². The van der Waals surface area contributed by atoms with Crippen LogP contribution in [0, 0.1) is 11.8 Å². The summed E-state index contributed by atoms with van der Waals surface area (Å²) in [4.78, 5) is 4.60. The summed E-state index contributed by atoms with van der Waals surface area (Å²) in [5.41, 5.74) is 7.42. The molecule has 0 radical (unpaired) electrons. The average Bonchev–Trinajstić information content (AvgIpc) is 2.88. The molecular formula is C15H21N3O2S. The Morgan fingerprint density at radius 1 is 1.29 bits per heavy atom. The fourth-order valence-corrected chi connectivity index (χ4v) is 4.29. The maximum absolute atomic E-state index is 11.9. The van der Waals surface area contributed by atoms with E-state index in [1.165, 1.54) is 6.26 Å². The van der Waals surface area contributed by atoms with Crippen LogP contribution in [-0.4, -0.2) is 24.2 Å². The summed E-state index contributed by atoms with van der Waals surface area (Å²) in [6, 6.07) is 5.55. The molecule has 0 aliphatic heterocycles. The van der Waals surface area contributed by atoms with Crippen LogP contribution in [0.25, 0.3) is 11.0 Å². The Balaban J connectivity index is 2.24. The summed E-state index contributed by atoms with van der Waals surface area (Å²) in [5.74, 6) is 1.56. The fourth-order valence-electron chi connectivity index (χ4n) is 3.46. The van der Waals surface area contributed by atoms with Gasteiger partial charge in [0.1, 0.15) is 5.52 Å². The molecule has 2 aromatic rings. The van der Waals surface area contributed by atoms with Crippen LogP contribution in [0.1, 0.15) is 32.7 Å². The minimum Gasteiger partial charge on any atom is -0.369 e. The maximum atomic E-state index is 11.9. The van der Waals surface area contributed by atoms with E-state index in [2.05, 4.69) is 18.8 Å². The van der Waals surface area contributed by atoms with Crippen molar-refractivity contribution in [2.45, 2.75) is 37.6 Å². The Bertz CT molecular complexity index is 795. The van der Waals surface area contributed by atoms with Crippen molar-refractivity contribution in [2.75, 3.05) is 12.0 Å². The lowest BCUT2D eigenvalue weighted by Gasteiger charge is -2.21. The molecule has 1 aliphatic rings. The number of aromatic nitrogens is 2. The Labute approximate surface area is 125 Å². The lowest BCUT2D eigenvalue weighted by atomic mass is 9.97. The molecule has 5 nitrogen and oxygen atoms in total. The molecule has 3 unspecified atom stereocenters. The van der Waals surface area contributed by atoms with Gasteiger partial charge in [-0.25, -0.2) is 13.4 Å². The van der Waals surface area contributed by atoms with E-state index < -0.39 is 9.84 Å². The molecule has 3 atom stereocenters. The van der Waals surface area contributed by atoms with Crippen molar-refractivity contribution in [3.8, 4) is 0 Å². The van der Waals surface area contributed by atoms with Crippen molar-refractivity contribution in [1.82, 2.24) is 9.55 Å². The Morgan fingerprint density at radius 3 is 2.57 bits per heavy atom. The zero-order chi connectivity index (χ0) is 15.4. The first-order chi connectivity index (χ1) is 9.80. The van der Waals surface area contributed by atoms with Gasteiger partial charge in [-0.1, -0.05) is 19.9 Å². The first kappa shape index (κ1) is 14.4. The Morgan fingerprint density at radius 2 is 2.00 bits per heavy atom. The van der Waals surface area contributed by atoms with Gasteiger partial charge in [0.25, 0.3) is 0 Å². The summed E-state index contributed by atoms with van der Waals surface area (Å²) in [6.45, 7) is 4.48. The van der Waals surface area contributed by atoms with Gasteiger partial charge in [-0.2, -0.15) is 0 Å². The molecule has 2 N–H and O–H groups in total.